The van der Waals surface area contributed by atoms with Gasteiger partial charge >= 0.3 is 0 Å². The molecule has 0 spiro atoms. The van der Waals surface area contributed by atoms with Gasteiger partial charge in [-0.3, -0.25) is 9.36 Å². The number of fused-ring (bicyclic) bond motifs is 1. The van der Waals surface area contributed by atoms with Crippen molar-refractivity contribution >= 4 is 23.4 Å². The summed E-state index contributed by atoms with van der Waals surface area (Å²) in [4.78, 5) is 16.1. The normalized spacial score (nSPS) is 15.3. The maximum atomic E-state index is 11.9. The molecule has 0 fully saturated rings. The largest absolute Gasteiger partial charge is 0.287 e. The van der Waals surface area contributed by atoms with E-state index in [4.69, 9.17) is 11.6 Å². The van der Waals surface area contributed by atoms with Crippen LogP contribution in [0.1, 0.15) is 18.9 Å². The fraction of sp³-hybridized carbons (Fsp3) is 0.556. The van der Waals surface area contributed by atoms with Gasteiger partial charge in [0.2, 0.25) is 0 Å². The molecule has 1 aliphatic heterocycles. The Labute approximate surface area is 91.5 Å². The number of halogens is 1. The van der Waals surface area contributed by atoms with E-state index in [9.17, 15) is 4.79 Å². The molecule has 2 heterocycles. The predicted molar refractivity (Wildman–Crippen MR) is 58.2 cm³/mol. The number of aromatic nitrogens is 2. The van der Waals surface area contributed by atoms with E-state index in [2.05, 4.69) is 4.98 Å². The lowest BCUT2D eigenvalue weighted by Gasteiger charge is -2.17. The highest BCUT2D eigenvalue weighted by Crippen LogP contribution is 2.23. The number of thioether (sulfide) groups is 1. The molecule has 0 amide bonds. The minimum Gasteiger partial charge on any atom is -0.287 e. The van der Waals surface area contributed by atoms with Crippen LogP contribution < -0.4 is 5.56 Å². The highest BCUT2D eigenvalue weighted by molar-refractivity contribution is 7.99. The summed E-state index contributed by atoms with van der Waals surface area (Å²) < 4.78 is 1.74. The van der Waals surface area contributed by atoms with Gasteiger partial charge in [-0.1, -0.05) is 30.3 Å². The molecule has 1 aliphatic rings. The smallest absolute Gasteiger partial charge is 0.258 e. The molecule has 0 radical (unpaired) electrons. The summed E-state index contributed by atoms with van der Waals surface area (Å²) in [7, 11) is 0. The molecule has 0 unspecified atom stereocenters. The van der Waals surface area contributed by atoms with Gasteiger partial charge in [-0.15, -0.1) is 0 Å². The number of nitrogens with zero attached hydrogens (tertiary/aromatic N) is 2. The Morgan fingerprint density at radius 1 is 1.64 bits per heavy atom. The Morgan fingerprint density at radius 3 is 3.14 bits per heavy atom. The molecule has 1 aromatic heterocycles. The highest BCUT2D eigenvalue weighted by atomic mass is 35.5. The molecule has 3 nitrogen and oxygen atoms in total. The molecule has 0 aliphatic carbocycles. The Morgan fingerprint density at radius 2 is 2.43 bits per heavy atom. The molecule has 0 bridgehead atoms. The van der Waals surface area contributed by atoms with Crippen LogP contribution in [0.2, 0.25) is 5.15 Å². The van der Waals surface area contributed by atoms with E-state index in [0.717, 1.165) is 23.9 Å². The zero-order valence-electron chi connectivity index (χ0n) is 7.92. The fourth-order valence-corrected chi connectivity index (χ4v) is 2.83. The van der Waals surface area contributed by atoms with E-state index in [1.807, 2.05) is 6.92 Å². The van der Waals surface area contributed by atoms with Crippen molar-refractivity contribution in [1.29, 1.82) is 0 Å². The zero-order chi connectivity index (χ0) is 10.1. The van der Waals surface area contributed by atoms with Crippen molar-refractivity contribution < 1.29 is 0 Å². The van der Waals surface area contributed by atoms with Gasteiger partial charge in [0.15, 0.2) is 5.16 Å². The molecule has 5 heteroatoms. The van der Waals surface area contributed by atoms with E-state index in [-0.39, 0.29) is 5.56 Å². The molecule has 0 saturated carbocycles. The van der Waals surface area contributed by atoms with Crippen LogP contribution in [0.4, 0.5) is 0 Å². The van der Waals surface area contributed by atoms with Gasteiger partial charge in [-0.05, 0) is 12.8 Å². The van der Waals surface area contributed by atoms with Gasteiger partial charge in [0.05, 0.1) is 5.56 Å². The van der Waals surface area contributed by atoms with Crippen LogP contribution in [-0.2, 0) is 13.0 Å². The average molecular weight is 231 g/mol. The van der Waals surface area contributed by atoms with Gasteiger partial charge in [0, 0.05) is 12.3 Å². The molecule has 0 N–H and O–H groups in total. The first-order valence-electron chi connectivity index (χ1n) is 4.66. The van der Waals surface area contributed by atoms with Gasteiger partial charge in [0.25, 0.3) is 5.56 Å². The Bertz CT molecular complexity index is 416. The molecule has 0 saturated heterocycles. The van der Waals surface area contributed by atoms with Crippen LogP contribution in [0.15, 0.2) is 9.95 Å². The molecule has 14 heavy (non-hydrogen) atoms. The van der Waals surface area contributed by atoms with Crippen molar-refractivity contribution in [3.05, 3.63) is 21.1 Å². The molecule has 0 aromatic carbocycles. The van der Waals surface area contributed by atoms with Crippen LogP contribution in [0.5, 0.6) is 0 Å². The van der Waals surface area contributed by atoms with E-state index in [0.29, 0.717) is 17.1 Å². The molecule has 2 rings (SSSR count). The second-order valence-corrected chi connectivity index (χ2v) is 4.60. The lowest BCUT2D eigenvalue weighted by molar-refractivity contribution is 0.556. The van der Waals surface area contributed by atoms with E-state index in [1.165, 1.54) is 0 Å². The first kappa shape index (κ1) is 10.1. The molecule has 76 valence electrons. The number of hydrogen-bond acceptors (Lipinski definition) is 3. The summed E-state index contributed by atoms with van der Waals surface area (Å²) in [5, 5.41) is 1.14. The highest BCUT2D eigenvalue weighted by Gasteiger charge is 2.16. The van der Waals surface area contributed by atoms with Crippen LogP contribution in [0, 0.1) is 0 Å². The maximum absolute atomic E-state index is 11.9. The van der Waals surface area contributed by atoms with Crippen LogP contribution in [0.25, 0.3) is 0 Å². The Balaban J connectivity index is 2.64. The van der Waals surface area contributed by atoms with Crippen molar-refractivity contribution in [3.8, 4) is 0 Å². The Kier molecular flexibility index (Phi) is 2.83. The zero-order valence-corrected chi connectivity index (χ0v) is 9.49. The maximum Gasteiger partial charge on any atom is 0.258 e. The first-order valence-corrected chi connectivity index (χ1v) is 6.02. The van der Waals surface area contributed by atoms with Crippen LogP contribution in [-0.4, -0.2) is 15.3 Å². The van der Waals surface area contributed by atoms with Crippen LogP contribution in [0.3, 0.4) is 0 Å². The summed E-state index contributed by atoms with van der Waals surface area (Å²) in [5.41, 5.74) is 0.674. The van der Waals surface area contributed by atoms with Gasteiger partial charge in [0.1, 0.15) is 5.15 Å². The summed E-state index contributed by atoms with van der Waals surface area (Å²) >= 11 is 7.53. The predicted octanol–water partition coefficient (Wildman–Crippen LogP) is 1.95. The quantitative estimate of drug-likeness (QED) is 0.547. The topological polar surface area (TPSA) is 34.9 Å². The van der Waals surface area contributed by atoms with E-state index >= 15 is 0 Å². The lowest BCUT2D eigenvalue weighted by atomic mass is 10.2. The Hall–Kier alpha value is -0.480. The van der Waals surface area contributed by atoms with E-state index in [1.54, 1.807) is 16.3 Å². The second-order valence-electron chi connectivity index (χ2n) is 3.18. The third-order valence-electron chi connectivity index (χ3n) is 2.29. The van der Waals surface area contributed by atoms with Crippen molar-refractivity contribution in [2.24, 2.45) is 0 Å². The standard InChI is InChI=1S/C9H11ClN2OS/c1-2-6-7(10)11-9-12(8(6)13)4-3-5-14-9/h2-5H2,1H3. The lowest BCUT2D eigenvalue weighted by Crippen LogP contribution is -2.29. The molecule has 0 atom stereocenters. The summed E-state index contributed by atoms with van der Waals surface area (Å²) in [5.74, 6) is 1.02. The third-order valence-corrected chi connectivity index (χ3v) is 3.66. The second kappa shape index (κ2) is 3.95. The minimum absolute atomic E-state index is 0.0368. The van der Waals surface area contributed by atoms with Gasteiger partial charge in [-0.2, -0.15) is 0 Å². The van der Waals surface area contributed by atoms with Crippen molar-refractivity contribution in [1.82, 2.24) is 9.55 Å². The summed E-state index contributed by atoms with van der Waals surface area (Å²) in [6.45, 7) is 2.70. The first-order chi connectivity index (χ1) is 6.74. The average Bonchev–Trinajstić information content (AvgIpc) is 2.18. The summed E-state index contributed by atoms with van der Waals surface area (Å²) in [6, 6.07) is 0. The van der Waals surface area contributed by atoms with Crippen LogP contribution >= 0.6 is 23.4 Å². The molecular weight excluding hydrogens is 220 g/mol. The number of rotatable bonds is 1. The fourth-order valence-electron chi connectivity index (χ4n) is 1.54. The van der Waals surface area contributed by atoms with Crippen molar-refractivity contribution in [3.63, 3.8) is 0 Å². The van der Waals surface area contributed by atoms with Gasteiger partial charge in [-0.25, -0.2) is 4.98 Å². The minimum atomic E-state index is 0.0368. The van der Waals surface area contributed by atoms with Gasteiger partial charge < -0.3 is 0 Å². The van der Waals surface area contributed by atoms with Crippen molar-refractivity contribution in [2.45, 2.75) is 31.5 Å². The van der Waals surface area contributed by atoms with E-state index < -0.39 is 0 Å². The monoisotopic (exact) mass is 230 g/mol. The van der Waals surface area contributed by atoms with Crippen molar-refractivity contribution in [2.75, 3.05) is 5.75 Å². The summed E-state index contributed by atoms with van der Waals surface area (Å²) in [6.07, 6.45) is 1.68. The molecular formula is C9H11ClN2OS. The number of hydrogen-bond donors (Lipinski definition) is 0. The molecule has 1 aromatic rings. The SMILES string of the molecule is CCc1c(Cl)nc2n(c1=O)CCCS2. The third kappa shape index (κ3) is 1.57.